The van der Waals surface area contributed by atoms with Crippen molar-refractivity contribution in [2.75, 3.05) is 0 Å². The van der Waals surface area contributed by atoms with Crippen molar-refractivity contribution in [2.45, 2.75) is 44.3 Å². The van der Waals surface area contributed by atoms with E-state index in [1.165, 1.54) is 48.0 Å². The van der Waals surface area contributed by atoms with Gasteiger partial charge in [-0.25, -0.2) is 0 Å². The average molecular weight is 238 g/mol. The van der Waals surface area contributed by atoms with Crippen LogP contribution in [0.2, 0.25) is 0 Å². The summed E-state index contributed by atoms with van der Waals surface area (Å²) in [7, 11) is 0. The first kappa shape index (κ1) is 10.6. The van der Waals surface area contributed by atoms with Crippen molar-refractivity contribution in [3.63, 3.8) is 0 Å². The minimum atomic E-state index is 0.0492. The lowest BCUT2D eigenvalue weighted by molar-refractivity contribution is 0.329. The Morgan fingerprint density at radius 3 is 2.83 bits per heavy atom. The van der Waals surface area contributed by atoms with Crippen LogP contribution < -0.4 is 0 Å². The number of rotatable bonds is 4. The van der Waals surface area contributed by atoms with E-state index >= 15 is 0 Å². The Morgan fingerprint density at radius 1 is 1.17 bits per heavy atom. The second-order valence-corrected chi connectivity index (χ2v) is 5.58. The first-order valence-electron chi connectivity index (χ1n) is 7.07. The summed E-state index contributed by atoms with van der Waals surface area (Å²) in [6.45, 7) is 2.26. The highest BCUT2D eigenvalue weighted by Gasteiger charge is 2.61. The fourth-order valence-corrected chi connectivity index (χ4v) is 3.52. The Labute approximate surface area is 108 Å². The fourth-order valence-electron chi connectivity index (χ4n) is 3.52. The van der Waals surface area contributed by atoms with E-state index in [2.05, 4.69) is 43.3 Å². The summed E-state index contributed by atoms with van der Waals surface area (Å²) >= 11 is 0. The van der Waals surface area contributed by atoms with Crippen LogP contribution in [0.5, 0.6) is 0 Å². The van der Waals surface area contributed by atoms with Gasteiger partial charge in [0.05, 0.1) is 0 Å². The van der Waals surface area contributed by atoms with Crippen LogP contribution in [0, 0.1) is 0 Å². The third kappa shape index (κ3) is 1.20. The van der Waals surface area contributed by atoms with Gasteiger partial charge in [0.15, 0.2) is 0 Å². The van der Waals surface area contributed by atoms with Gasteiger partial charge in [-0.3, -0.25) is 0 Å². The molecular formula is C17H18O. The van der Waals surface area contributed by atoms with E-state index in [0.29, 0.717) is 6.10 Å². The Kier molecular flexibility index (Phi) is 2.10. The predicted octanol–water partition coefficient (Wildman–Crippen LogP) is 4.20. The predicted molar refractivity (Wildman–Crippen MR) is 74.1 cm³/mol. The van der Waals surface area contributed by atoms with Crippen molar-refractivity contribution in [1.29, 1.82) is 0 Å². The molecule has 1 fully saturated rings. The molecule has 1 heteroatoms. The zero-order chi connectivity index (χ0) is 12.2. The monoisotopic (exact) mass is 238 g/mol. The molecule has 2 aliphatic carbocycles. The molecular weight excluding hydrogens is 220 g/mol. The molecule has 0 amide bonds. The summed E-state index contributed by atoms with van der Waals surface area (Å²) in [6, 6.07) is 8.73. The minimum absolute atomic E-state index is 0.0492. The van der Waals surface area contributed by atoms with Gasteiger partial charge in [0.1, 0.15) is 11.7 Å². The van der Waals surface area contributed by atoms with Crippen LogP contribution in [0.4, 0.5) is 0 Å². The normalized spacial score (nSPS) is 30.4. The van der Waals surface area contributed by atoms with Crippen LogP contribution in [0.15, 0.2) is 36.4 Å². The third-order valence-electron chi connectivity index (χ3n) is 4.51. The number of hydrogen-bond acceptors (Lipinski definition) is 1. The number of epoxide rings is 1. The molecule has 0 bridgehead atoms. The van der Waals surface area contributed by atoms with Gasteiger partial charge < -0.3 is 4.74 Å². The van der Waals surface area contributed by atoms with Crippen LogP contribution in [0.1, 0.15) is 43.7 Å². The molecule has 1 saturated heterocycles. The summed E-state index contributed by atoms with van der Waals surface area (Å²) in [6.07, 6.45) is 9.91. The summed E-state index contributed by atoms with van der Waals surface area (Å²) in [4.78, 5) is 0. The molecule has 0 radical (unpaired) electrons. The van der Waals surface area contributed by atoms with Gasteiger partial charge in [0.2, 0.25) is 0 Å². The molecule has 4 rings (SSSR count). The molecule has 2 atom stereocenters. The number of allylic oxidation sites excluding steroid dienone is 2. The van der Waals surface area contributed by atoms with Gasteiger partial charge >= 0.3 is 0 Å². The second kappa shape index (κ2) is 3.58. The summed E-state index contributed by atoms with van der Waals surface area (Å²) in [5, 5.41) is 0. The van der Waals surface area contributed by atoms with Crippen molar-refractivity contribution in [3.05, 3.63) is 47.5 Å². The molecule has 0 saturated carbocycles. The zero-order valence-corrected chi connectivity index (χ0v) is 10.8. The number of fused-ring (bicyclic) bond motifs is 5. The molecule has 0 N–H and O–H groups in total. The summed E-state index contributed by atoms with van der Waals surface area (Å²) < 4.78 is 6.06. The van der Waals surface area contributed by atoms with Crippen LogP contribution >= 0.6 is 0 Å². The Morgan fingerprint density at radius 2 is 2.00 bits per heavy atom. The van der Waals surface area contributed by atoms with Crippen LogP contribution in [-0.4, -0.2) is 11.7 Å². The van der Waals surface area contributed by atoms with Crippen molar-refractivity contribution >= 4 is 11.1 Å². The number of unbranched alkanes of at least 4 members (excludes halogenated alkanes) is 2. The fraction of sp³-hybridized carbons (Fsp3) is 0.412. The van der Waals surface area contributed by atoms with E-state index in [1.807, 2.05) is 0 Å². The molecule has 1 heterocycles. The molecule has 1 aromatic carbocycles. The highest BCUT2D eigenvalue weighted by Crippen LogP contribution is 2.61. The molecule has 0 aromatic heterocycles. The van der Waals surface area contributed by atoms with E-state index in [1.54, 1.807) is 0 Å². The third-order valence-corrected chi connectivity index (χ3v) is 4.51. The van der Waals surface area contributed by atoms with E-state index in [4.69, 9.17) is 4.74 Å². The van der Waals surface area contributed by atoms with E-state index in [0.717, 1.165) is 0 Å². The van der Waals surface area contributed by atoms with Crippen LogP contribution in [-0.2, 0) is 4.74 Å². The smallest absolute Gasteiger partial charge is 0.125 e. The van der Waals surface area contributed by atoms with Gasteiger partial charge in [-0.1, -0.05) is 62.6 Å². The first-order valence-corrected chi connectivity index (χ1v) is 7.07. The highest BCUT2D eigenvalue weighted by atomic mass is 16.6. The molecule has 3 aliphatic rings. The Bertz CT molecular complexity index is 567. The SMILES string of the molecule is CCCCCC12OC1C=CC1=C2c2ccccc21. The quantitative estimate of drug-likeness (QED) is 0.565. The Hall–Kier alpha value is -1.34. The van der Waals surface area contributed by atoms with Crippen molar-refractivity contribution in [2.24, 2.45) is 0 Å². The van der Waals surface area contributed by atoms with Gasteiger partial charge in [-0.15, -0.1) is 0 Å². The van der Waals surface area contributed by atoms with Crippen molar-refractivity contribution in [1.82, 2.24) is 0 Å². The lowest BCUT2D eigenvalue weighted by atomic mass is 9.69. The summed E-state index contributed by atoms with van der Waals surface area (Å²) in [5.74, 6) is 0. The minimum Gasteiger partial charge on any atom is -0.356 e. The van der Waals surface area contributed by atoms with Gasteiger partial charge in [-0.2, -0.15) is 0 Å². The van der Waals surface area contributed by atoms with Gasteiger partial charge in [-0.05, 0) is 23.1 Å². The molecule has 0 spiro atoms. The molecule has 18 heavy (non-hydrogen) atoms. The second-order valence-electron chi connectivity index (χ2n) is 5.58. The number of benzene rings is 1. The lowest BCUT2D eigenvalue weighted by Crippen LogP contribution is -2.26. The van der Waals surface area contributed by atoms with E-state index in [9.17, 15) is 0 Å². The van der Waals surface area contributed by atoms with Crippen LogP contribution in [0.25, 0.3) is 11.1 Å². The standard InChI is InChI=1S/C17H18O/c1-2-3-6-11-17-15(18-17)10-9-14-12-7-4-5-8-13(12)16(14)17/h4-5,7-10,15H,2-3,6,11H2,1H3. The van der Waals surface area contributed by atoms with Crippen molar-refractivity contribution < 1.29 is 4.74 Å². The topological polar surface area (TPSA) is 12.5 Å². The molecule has 1 nitrogen and oxygen atoms in total. The lowest BCUT2D eigenvalue weighted by Gasteiger charge is -2.32. The molecule has 2 unspecified atom stereocenters. The molecule has 92 valence electrons. The first-order chi connectivity index (χ1) is 8.87. The van der Waals surface area contributed by atoms with E-state index < -0.39 is 0 Å². The maximum Gasteiger partial charge on any atom is 0.125 e. The van der Waals surface area contributed by atoms with Gasteiger partial charge in [0, 0.05) is 5.57 Å². The largest absolute Gasteiger partial charge is 0.356 e. The zero-order valence-electron chi connectivity index (χ0n) is 10.8. The maximum atomic E-state index is 6.06. The molecule has 1 aromatic rings. The highest BCUT2D eigenvalue weighted by molar-refractivity contribution is 6.12. The van der Waals surface area contributed by atoms with Gasteiger partial charge in [0.25, 0.3) is 0 Å². The van der Waals surface area contributed by atoms with Crippen LogP contribution in [0.3, 0.4) is 0 Å². The summed E-state index contributed by atoms with van der Waals surface area (Å²) in [5.41, 5.74) is 5.80. The molecule has 1 aliphatic heterocycles. The van der Waals surface area contributed by atoms with E-state index in [-0.39, 0.29) is 5.60 Å². The average Bonchev–Trinajstić information content (AvgIpc) is 3.07. The number of ether oxygens (including phenoxy) is 1. The number of hydrogen-bond donors (Lipinski definition) is 0. The maximum absolute atomic E-state index is 6.06. The van der Waals surface area contributed by atoms with Crippen molar-refractivity contribution in [3.8, 4) is 0 Å². The Balaban J connectivity index is 1.67.